The first-order chi connectivity index (χ1) is 6.81. The molecule has 0 spiro atoms. The van der Waals surface area contributed by atoms with E-state index in [0.29, 0.717) is 19.7 Å². The molecule has 5 heteroatoms. The molecule has 0 unspecified atom stereocenters. The number of ether oxygens (including phenoxy) is 1. The smallest absolute Gasteiger partial charge is 0.234 e. The van der Waals surface area contributed by atoms with E-state index in [4.69, 9.17) is 4.74 Å². The Morgan fingerprint density at radius 2 is 2.21 bits per heavy atom. The van der Waals surface area contributed by atoms with Crippen molar-refractivity contribution in [3.63, 3.8) is 0 Å². The van der Waals surface area contributed by atoms with Gasteiger partial charge >= 0.3 is 0 Å². The number of carbonyl (C=O) groups excluding carboxylic acids is 1. The van der Waals surface area contributed by atoms with Crippen LogP contribution >= 0.6 is 11.8 Å². The summed E-state index contributed by atoms with van der Waals surface area (Å²) in [6, 6.07) is 0. The Morgan fingerprint density at radius 3 is 2.86 bits per heavy atom. The van der Waals surface area contributed by atoms with E-state index in [1.54, 1.807) is 7.11 Å². The molecule has 0 aliphatic rings. The topological polar surface area (TPSA) is 50.4 Å². The SMILES string of the molecule is COCCNC(=O)CNCCCSC. The summed E-state index contributed by atoms with van der Waals surface area (Å²) in [5.74, 6) is 1.17. The molecule has 0 rings (SSSR count). The first-order valence-corrected chi connectivity index (χ1v) is 6.16. The number of hydrogen-bond acceptors (Lipinski definition) is 4. The molecule has 14 heavy (non-hydrogen) atoms. The highest BCUT2D eigenvalue weighted by molar-refractivity contribution is 7.98. The second-order valence-electron chi connectivity index (χ2n) is 2.87. The van der Waals surface area contributed by atoms with Crippen molar-refractivity contribution < 1.29 is 9.53 Å². The molecule has 0 aromatic heterocycles. The summed E-state index contributed by atoms with van der Waals surface area (Å²) >= 11 is 1.82. The van der Waals surface area contributed by atoms with E-state index in [1.807, 2.05) is 11.8 Å². The third-order valence-electron chi connectivity index (χ3n) is 1.62. The zero-order valence-electron chi connectivity index (χ0n) is 8.97. The molecular weight excluding hydrogens is 200 g/mol. The molecule has 0 aliphatic heterocycles. The Kier molecular flexibility index (Phi) is 10.6. The largest absolute Gasteiger partial charge is 0.383 e. The number of rotatable bonds is 9. The predicted octanol–water partition coefficient (Wildman–Crippen LogP) is 0.0917. The second-order valence-corrected chi connectivity index (χ2v) is 3.85. The summed E-state index contributed by atoms with van der Waals surface area (Å²) in [5.41, 5.74) is 0. The summed E-state index contributed by atoms with van der Waals surface area (Å²) in [6.07, 6.45) is 3.18. The maximum atomic E-state index is 11.1. The van der Waals surface area contributed by atoms with Gasteiger partial charge in [0.15, 0.2) is 0 Å². The number of nitrogens with one attached hydrogen (secondary N) is 2. The molecule has 0 aliphatic carbocycles. The number of thioether (sulfide) groups is 1. The Morgan fingerprint density at radius 1 is 1.43 bits per heavy atom. The van der Waals surface area contributed by atoms with Crippen LogP contribution in [-0.4, -0.2) is 51.3 Å². The number of amides is 1. The van der Waals surface area contributed by atoms with E-state index in [2.05, 4.69) is 16.9 Å². The highest BCUT2D eigenvalue weighted by atomic mass is 32.2. The van der Waals surface area contributed by atoms with E-state index < -0.39 is 0 Å². The van der Waals surface area contributed by atoms with Crippen LogP contribution in [0.3, 0.4) is 0 Å². The van der Waals surface area contributed by atoms with Gasteiger partial charge in [0, 0.05) is 13.7 Å². The Bertz CT molecular complexity index is 145. The molecule has 0 aromatic carbocycles. The average Bonchev–Trinajstić information content (AvgIpc) is 2.18. The van der Waals surface area contributed by atoms with Crippen LogP contribution in [0.25, 0.3) is 0 Å². The van der Waals surface area contributed by atoms with Crippen molar-refractivity contribution in [2.75, 3.05) is 45.4 Å². The summed E-state index contributed by atoms with van der Waals surface area (Å²) in [6.45, 7) is 2.46. The normalized spacial score (nSPS) is 10.1. The van der Waals surface area contributed by atoms with Crippen molar-refractivity contribution in [2.45, 2.75) is 6.42 Å². The lowest BCUT2D eigenvalue weighted by molar-refractivity contribution is -0.120. The Hall–Kier alpha value is -0.260. The van der Waals surface area contributed by atoms with Gasteiger partial charge < -0.3 is 15.4 Å². The summed E-state index contributed by atoms with van der Waals surface area (Å²) in [5, 5.41) is 5.82. The molecule has 0 saturated heterocycles. The molecule has 0 aromatic rings. The minimum absolute atomic E-state index is 0.0335. The van der Waals surface area contributed by atoms with Gasteiger partial charge in [-0.1, -0.05) is 0 Å². The minimum Gasteiger partial charge on any atom is -0.383 e. The second kappa shape index (κ2) is 10.8. The van der Waals surface area contributed by atoms with Gasteiger partial charge in [0.25, 0.3) is 0 Å². The van der Waals surface area contributed by atoms with E-state index in [-0.39, 0.29) is 5.91 Å². The van der Waals surface area contributed by atoms with Crippen LogP contribution in [-0.2, 0) is 9.53 Å². The molecule has 4 nitrogen and oxygen atoms in total. The van der Waals surface area contributed by atoms with Crippen LogP contribution in [0.4, 0.5) is 0 Å². The first kappa shape index (κ1) is 13.7. The van der Waals surface area contributed by atoms with Gasteiger partial charge in [-0.25, -0.2) is 0 Å². The Labute approximate surface area is 90.2 Å². The van der Waals surface area contributed by atoms with E-state index in [1.165, 1.54) is 0 Å². The summed E-state index contributed by atoms with van der Waals surface area (Å²) < 4.78 is 4.81. The van der Waals surface area contributed by atoms with Gasteiger partial charge in [-0.05, 0) is 25.0 Å². The van der Waals surface area contributed by atoms with Crippen molar-refractivity contribution in [1.82, 2.24) is 10.6 Å². The maximum absolute atomic E-state index is 11.1. The van der Waals surface area contributed by atoms with Crippen molar-refractivity contribution in [3.8, 4) is 0 Å². The van der Waals surface area contributed by atoms with Crippen LogP contribution in [0.5, 0.6) is 0 Å². The standard InChI is InChI=1S/C9H20N2O2S/c1-13-6-5-11-9(12)8-10-4-3-7-14-2/h10H,3-8H2,1-2H3,(H,11,12). The van der Waals surface area contributed by atoms with Gasteiger partial charge in [-0.15, -0.1) is 0 Å². The molecule has 0 heterocycles. The van der Waals surface area contributed by atoms with Crippen LogP contribution < -0.4 is 10.6 Å². The fourth-order valence-electron chi connectivity index (χ4n) is 0.898. The molecule has 84 valence electrons. The molecule has 0 bridgehead atoms. The molecule has 0 atom stereocenters. The minimum atomic E-state index is 0.0335. The van der Waals surface area contributed by atoms with Gasteiger partial charge in [-0.3, -0.25) is 4.79 Å². The zero-order valence-corrected chi connectivity index (χ0v) is 9.78. The van der Waals surface area contributed by atoms with Gasteiger partial charge in [0.05, 0.1) is 13.2 Å². The Balaban J connectivity index is 3.10. The first-order valence-electron chi connectivity index (χ1n) is 4.76. The number of hydrogen-bond donors (Lipinski definition) is 2. The third kappa shape index (κ3) is 9.83. The van der Waals surface area contributed by atoms with E-state index in [0.717, 1.165) is 18.7 Å². The highest BCUT2D eigenvalue weighted by Gasteiger charge is 1.98. The fraction of sp³-hybridized carbons (Fsp3) is 0.889. The van der Waals surface area contributed by atoms with Crippen LogP contribution in [0.2, 0.25) is 0 Å². The maximum Gasteiger partial charge on any atom is 0.234 e. The van der Waals surface area contributed by atoms with E-state index >= 15 is 0 Å². The van der Waals surface area contributed by atoms with Crippen molar-refractivity contribution in [3.05, 3.63) is 0 Å². The van der Waals surface area contributed by atoms with Crippen LogP contribution in [0, 0.1) is 0 Å². The highest BCUT2D eigenvalue weighted by Crippen LogP contribution is 1.92. The lowest BCUT2D eigenvalue weighted by Crippen LogP contribution is -2.35. The van der Waals surface area contributed by atoms with Crippen LogP contribution in [0.1, 0.15) is 6.42 Å². The fourth-order valence-corrected chi connectivity index (χ4v) is 1.33. The summed E-state index contributed by atoms with van der Waals surface area (Å²) in [4.78, 5) is 11.1. The van der Waals surface area contributed by atoms with Gasteiger partial charge in [-0.2, -0.15) is 11.8 Å². The van der Waals surface area contributed by atoms with Gasteiger partial charge in [0.1, 0.15) is 0 Å². The summed E-state index contributed by atoms with van der Waals surface area (Å²) in [7, 11) is 1.62. The molecular formula is C9H20N2O2S. The molecule has 2 N–H and O–H groups in total. The van der Waals surface area contributed by atoms with Crippen molar-refractivity contribution in [1.29, 1.82) is 0 Å². The van der Waals surface area contributed by atoms with Crippen molar-refractivity contribution in [2.24, 2.45) is 0 Å². The molecule has 0 saturated carbocycles. The number of carbonyl (C=O) groups is 1. The quantitative estimate of drug-likeness (QED) is 0.541. The lowest BCUT2D eigenvalue weighted by atomic mass is 10.4. The van der Waals surface area contributed by atoms with Crippen molar-refractivity contribution >= 4 is 17.7 Å². The zero-order chi connectivity index (χ0) is 10.6. The predicted molar refractivity (Wildman–Crippen MR) is 60.8 cm³/mol. The van der Waals surface area contributed by atoms with Gasteiger partial charge in [0.2, 0.25) is 5.91 Å². The third-order valence-corrected chi connectivity index (χ3v) is 2.31. The molecule has 0 radical (unpaired) electrons. The number of methoxy groups -OCH3 is 1. The van der Waals surface area contributed by atoms with Crippen LogP contribution in [0.15, 0.2) is 0 Å². The molecule has 0 fully saturated rings. The lowest BCUT2D eigenvalue weighted by Gasteiger charge is -2.05. The molecule has 1 amide bonds. The van der Waals surface area contributed by atoms with E-state index in [9.17, 15) is 4.79 Å². The average molecular weight is 220 g/mol. The monoisotopic (exact) mass is 220 g/mol.